The molecule has 1 heterocycles. The lowest BCUT2D eigenvalue weighted by Gasteiger charge is -2.23. The number of aryl methyl sites for hydroxylation is 1. The summed E-state index contributed by atoms with van der Waals surface area (Å²) in [5, 5.41) is 6.33. The van der Waals surface area contributed by atoms with Gasteiger partial charge in [-0.2, -0.15) is 0 Å². The Hall–Kier alpha value is -1.62. The first-order valence-corrected chi connectivity index (χ1v) is 7.84. The third-order valence-electron chi connectivity index (χ3n) is 3.67. The Bertz CT molecular complexity index is 485. The largest absolute Gasteiger partial charge is 0.355 e. The number of carbonyl (C=O) groups is 1. The topological polar surface area (TPSA) is 57.3 Å². The second-order valence-corrected chi connectivity index (χ2v) is 5.61. The summed E-state index contributed by atoms with van der Waals surface area (Å²) in [7, 11) is 0. The van der Waals surface area contributed by atoms with E-state index in [0.717, 1.165) is 24.5 Å². The molecule has 0 saturated heterocycles. The summed E-state index contributed by atoms with van der Waals surface area (Å²) < 4.78 is 0. The van der Waals surface area contributed by atoms with Crippen LogP contribution in [-0.2, 0) is 11.3 Å². The van der Waals surface area contributed by atoms with Crippen molar-refractivity contribution < 1.29 is 4.79 Å². The summed E-state index contributed by atoms with van der Waals surface area (Å²) in [6.45, 7) is 8.70. The Balaban J connectivity index is 2.00. The zero-order chi connectivity index (χ0) is 15.2. The quantitative estimate of drug-likeness (QED) is 0.763. The van der Waals surface area contributed by atoms with E-state index in [1.165, 1.54) is 18.4 Å². The van der Waals surface area contributed by atoms with Gasteiger partial charge in [-0.1, -0.05) is 0 Å². The molecular formula is C16H26N4O. The number of likely N-dealkylation sites (N-methyl/N-ethyl adjacent to an activating group) is 2. The maximum Gasteiger partial charge on any atom is 0.239 e. The van der Waals surface area contributed by atoms with Crippen LogP contribution in [0.15, 0.2) is 12.3 Å². The first kappa shape index (κ1) is 15.8. The van der Waals surface area contributed by atoms with E-state index in [1.807, 2.05) is 24.9 Å². The molecule has 0 atom stereocenters. The van der Waals surface area contributed by atoms with Gasteiger partial charge in [0.2, 0.25) is 5.91 Å². The molecule has 0 aromatic carbocycles. The van der Waals surface area contributed by atoms with Crippen LogP contribution >= 0.6 is 0 Å². The van der Waals surface area contributed by atoms with Crippen molar-refractivity contribution in [1.82, 2.24) is 15.6 Å². The minimum Gasteiger partial charge on any atom is -0.355 e. The van der Waals surface area contributed by atoms with E-state index in [-0.39, 0.29) is 5.91 Å². The SMILES string of the molecule is CCNC(=O)CN(CC)c1ncc(CNC2CC2)cc1C. The van der Waals surface area contributed by atoms with E-state index >= 15 is 0 Å². The number of aromatic nitrogens is 1. The third kappa shape index (κ3) is 4.70. The van der Waals surface area contributed by atoms with Crippen molar-refractivity contribution >= 4 is 11.7 Å². The van der Waals surface area contributed by atoms with Crippen molar-refractivity contribution in [2.24, 2.45) is 0 Å². The van der Waals surface area contributed by atoms with Crippen molar-refractivity contribution in [2.75, 3.05) is 24.5 Å². The Labute approximate surface area is 127 Å². The van der Waals surface area contributed by atoms with Gasteiger partial charge in [-0.15, -0.1) is 0 Å². The first-order valence-electron chi connectivity index (χ1n) is 7.84. The van der Waals surface area contributed by atoms with Crippen molar-refractivity contribution in [3.63, 3.8) is 0 Å². The summed E-state index contributed by atoms with van der Waals surface area (Å²) in [5.74, 6) is 0.943. The van der Waals surface area contributed by atoms with E-state index in [9.17, 15) is 4.79 Å². The predicted molar refractivity (Wildman–Crippen MR) is 85.4 cm³/mol. The van der Waals surface area contributed by atoms with Gasteiger partial charge in [0, 0.05) is 31.9 Å². The lowest BCUT2D eigenvalue weighted by atomic mass is 10.2. The van der Waals surface area contributed by atoms with Crippen LogP contribution in [0.3, 0.4) is 0 Å². The lowest BCUT2D eigenvalue weighted by molar-refractivity contribution is -0.119. The molecule has 2 rings (SSSR count). The van der Waals surface area contributed by atoms with E-state index in [4.69, 9.17) is 0 Å². The molecule has 5 heteroatoms. The Morgan fingerprint density at radius 3 is 2.76 bits per heavy atom. The molecule has 1 saturated carbocycles. The molecule has 1 aromatic heterocycles. The average molecular weight is 290 g/mol. The van der Waals surface area contributed by atoms with Gasteiger partial charge in [-0.3, -0.25) is 4.79 Å². The highest BCUT2D eigenvalue weighted by Gasteiger charge is 2.20. The van der Waals surface area contributed by atoms with E-state index in [2.05, 4.69) is 28.6 Å². The molecule has 0 spiro atoms. The molecule has 1 aliphatic rings. The number of amides is 1. The minimum absolute atomic E-state index is 0.0417. The molecule has 0 unspecified atom stereocenters. The van der Waals surface area contributed by atoms with Gasteiger partial charge in [0.05, 0.1) is 6.54 Å². The van der Waals surface area contributed by atoms with Crippen molar-refractivity contribution in [2.45, 2.75) is 46.2 Å². The molecule has 1 amide bonds. The van der Waals surface area contributed by atoms with Gasteiger partial charge >= 0.3 is 0 Å². The Morgan fingerprint density at radius 1 is 1.43 bits per heavy atom. The fourth-order valence-electron chi connectivity index (χ4n) is 2.37. The van der Waals surface area contributed by atoms with Gasteiger partial charge in [-0.05, 0) is 50.8 Å². The second kappa shape index (κ2) is 7.41. The van der Waals surface area contributed by atoms with E-state index in [0.29, 0.717) is 19.1 Å². The minimum atomic E-state index is 0.0417. The molecule has 0 aliphatic heterocycles. The highest BCUT2D eigenvalue weighted by atomic mass is 16.2. The number of pyridine rings is 1. The summed E-state index contributed by atoms with van der Waals surface area (Å²) in [4.78, 5) is 18.3. The van der Waals surface area contributed by atoms with Crippen LogP contribution in [0.4, 0.5) is 5.82 Å². The number of rotatable bonds is 8. The van der Waals surface area contributed by atoms with Crippen LogP contribution in [0.25, 0.3) is 0 Å². The van der Waals surface area contributed by atoms with Gasteiger partial charge in [0.25, 0.3) is 0 Å². The van der Waals surface area contributed by atoms with Crippen LogP contribution in [0, 0.1) is 6.92 Å². The van der Waals surface area contributed by atoms with Crippen LogP contribution in [0.2, 0.25) is 0 Å². The molecule has 1 fully saturated rings. The monoisotopic (exact) mass is 290 g/mol. The standard InChI is InChI=1S/C16H26N4O/c1-4-17-15(21)11-20(5-2)16-12(3)8-13(10-19-16)9-18-14-6-7-14/h8,10,14,18H,4-7,9,11H2,1-3H3,(H,17,21). The maximum atomic E-state index is 11.8. The number of nitrogens with one attached hydrogen (secondary N) is 2. The van der Waals surface area contributed by atoms with Gasteiger partial charge < -0.3 is 15.5 Å². The summed E-state index contributed by atoms with van der Waals surface area (Å²) in [5.41, 5.74) is 2.33. The molecule has 1 aromatic rings. The lowest BCUT2D eigenvalue weighted by Crippen LogP contribution is -2.37. The first-order chi connectivity index (χ1) is 10.1. The van der Waals surface area contributed by atoms with Crippen LogP contribution in [0.1, 0.15) is 37.8 Å². The number of carbonyl (C=O) groups excluding carboxylic acids is 1. The molecule has 21 heavy (non-hydrogen) atoms. The number of anilines is 1. The highest BCUT2D eigenvalue weighted by Crippen LogP contribution is 2.21. The molecular weight excluding hydrogens is 264 g/mol. The number of hydrogen-bond donors (Lipinski definition) is 2. The molecule has 0 radical (unpaired) electrons. The van der Waals surface area contributed by atoms with Crippen molar-refractivity contribution in [1.29, 1.82) is 0 Å². The van der Waals surface area contributed by atoms with Gasteiger partial charge in [0.15, 0.2) is 0 Å². The zero-order valence-corrected chi connectivity index (χ0v) is 13.3. The van der Waals surface area contributed by atoms with E-state index in [1.54, 1.807) is 0 Å². The fourth-order valence-corrected chi connectivity index (χ4v) is 2.37. The fraction of sp³-hybridized carbons (Fsp3) is 0.625. The number of hydrogen-bond acceptors (Lipinski definition) is 4. The summed E-state index contributed by atoms with van der Waals surface area (Å²) in [6.07, 6.45) is 4.50. The summed E-state index contributed by atoms with van der Waals surface area (Å²) >= 11 is 0. The Kier molecular flexibility index (Phi) is 5.56. The third-order valence-corrected chi connectivity index (χ3v) is 3.67. The van der Waals surface area contributed by atoms with Gasteiger partial charge in [0.1, 0.15) is 5.82 Å². The predicted octanol–water partition coefficient (Wildman–Crippen LogP) is 1.60. The van der Waals surface area contributed by atoms with Crippen molar-refractivity contribution in [3.8, 4) is 0 Å². The highest BCUT2D eigenvalue weighted by molar-refractivity contribution is 5.81. The molecule has 116 valence electrons. The molecule has 1 aliphatic carbocycles. The van der Waals surface area contributed by atoms with Crippen LogP contribution in [0.5, 0.6) is 0 Å². The summed E-state index contributed by atoms with van der Waals surface area (Å²) in [6, 6.07) is 2.87. The second-order valence-electron chi connectivity index (χ2n) is 5.61. The molecule has 2 N–H and O–H groups in total. The maximum absolute atomic E-state index is 11.8. The average Bonchev–Trinajstić information content (AvgIpc) is 3.27. The Morgan fingerprint density at radius 2 is 2.19 bits per heavy atom. The smallest absolute Gasteiger partial charge is 0.239 e. The van der Waals surface area contributed by atoms with Crippen LogP contribution in [-0.4, -0.2) is 36.6 Å². The normalized spacial score (nSPS) is 14.0. The van der Waals surface area contributed by atoms with Crippen LogP contribution < -0.4 is 15.5 Å². The number of nitrogens with zero attached hydrogens (tertiary/aromatic N) is 2. The molecule has 5 nitrogen and oxygen atoms in total. The van der Waals surface area contributed by atoms with E-state index < -0.39 is 0 Å². The van der Waals surface area contributed by atoms with Crippen molar-refractivity contribution in [3.05, 3.63) is 23.4 Å². The zero-order valence-electron chi connectivity index (χ0n) is 13.3. The van der Waals surface area contributed by atoms with Gasteiger partial charge in [-0.25, -0.2) is 4.98 Å². The molecule has 0 bridgehead atoms.